The third-order valence-corrected chi connectivity index (χ3v) is 4.07. The van der Waals surface area contributed by atoms with Crippen LogP contribution >= 0.6 is 11.8 Å². The van der Waals surface area contributed by atoms with Crippen molar-refractivity contribution in [3.63, 3.8) is 0 Å². The molecule has 0 amide bonds. The quantitative estimate of drug-likeness (QED) is 0.312. The molecular formula is C15H22N6OS. The van der Waals surface area contributed by atoms with E-state index in [1.165, 1.54) is 0 Å². The molecule has 0 radical (unpaired) electrons. The highest BCUT2D eigenvalue weighted by Gasteiger charge is 2.01. The summed E-state index contributed by atoms with van der Waals surface area (Å²) in [5, 5.41) is 12.7. The summed E-state index contributed by atoms with van der Waals surface area (Å²) >= 11 is 1.68. The molecule has 0 aliphatic carbocycles. The Labute approximate surface area is 139 Å². The van der Waals surface area contributed by atoms with Gasteiger partial charge in [0.15, 0.2) is 5.96 Å². The first kappa shape index (κ1) is 17.1. The van der Waals surface area contributed by atoms with Crippen LogP contribution in [0, 0.1) is 0 Å². The zero-order chi connectivity index (χ0) is 16.3. The van der Waals surface area contributed by atoms with E-state index in [-0.39, 0.29) is 5.75 Å². The third-order valence-electron chi connectivity index (χ3n) is 3.10. The number of aromatic nitrogens is 3. The van der Waals surface area contributed by atoms with Gasteiger partial charge in [0.25, 0.3) is 0 Å². The molecule has 124 valence electrons. The Bertz CT molecular complexity index is 602. The summed E-state index contributed by atoms with van der Waals surface area (Å²) in [6, 6.07) is 3.36. The molecule has 0 saturated heterocycles. The number of aryl methyl sites for hydroxylation is 1. The summed E-state index contributed by atoms with van der Waals surface area (Å²) in [7, 11) is 0. The molecule has 8 heteroatoms. The number of hydrogen-bond donors (Lipinski definition) is 4. The number of nitrogens with two attached hydrogens (primary N) is 1. The van der Waals surface area contributed by atoms with Crippen molar-refractivity contribution in [2.45, 2.75) is 18.6 Å². The fourth-order valence-corrected chi connectivity index (χ4v) is 2.71. The van der Waals surface area contributed by atoms with Gasteiger partial charge in [0.2, 0.25) is 0 Å². The fourth-order valence-electron chi connectivity index (χ4n) is 1.91. The van der Waals surface area contributed by atoms with Crippen molar-refractivity contribution in [3.8, 4) is 5.75 Å². The average molecular weight is 334 g/mol. The maximum Gasteiger partial charge on any atom is 0.188 e. The van der Waals surface area contributed by atoms with Crippen LogP contribution in [0.1, 0.15) is 17.8 Å². The van der Waals surface area contributed by atoms with Crippen molar-refractivity contribution >= 4 is 17.7 Å². The molecule has 0 aliphatic heterocycles. The van der Waals surface area contributed by atoms with Gasteiger partial charge in [-0.05, 0) is 25.0 Å². The van der Waals surface area contributed by atoms with Crippen LogP contribution in [0.2, 0.25) is 0 Å². The predicted molar refractivity (Wildman–Crippen MR) is 93.5 cm³/mol. The van der Waals surface area contributed by atoms with E-state index in [1.807, 2.05) is 6.20 Å². The average Bonchev–Trinajstić information content (AvgIpc) is 3.06. The van der Waals surface area contributed by atoms with Gasteiger partial charge in [-0.25, -0.2) is 4.98 Å². The Morgan fingerprint density at radius 3 is 3.17 bits per heavy atom. The highest BCUT2D eigenvalue weighted by Crippen LogP contribution is 2.18. The summed E-state index contributed by atoms with van der Waals surface area (Å²) in [6.45, 7) is 1.42. The van der Waals surface area contributed by atoms with Crippen molar-refractivity contribution in [3.05, 3.63) is 42.2 Å². The van der Waals surface area contributed by atoms with Crippen LogP contribution in [0.4, 0.5) is 0 Å². The molecule has 0 spiro atoms. The maximum atomic E-state index is 9.61. The summed E-state index contributed by atoms with van der Waals surface area (Å²) in [5.74, 6) is 2.25. The number of aromatic amines is 1. The molecule has 7 nitrogen and oxygen atoms in total. The Morgan fingerprint density at radius 2 is 2.39 bits per heavy atom. The van der Waals surface area contributed by atoms with Crippen LogP contribution in [0.25, 0.3) is 0 Å². The number of aromatic hydroxyl groups is 1. The zero-order valence-electron chi connectivity index (χ0n) is 12.9. The third kappa shape index (κ3) is 6.60. The van der Waals surface area contributed by atoms with Gasteiger partial charge >= 0.3 is 0 Å². The molecule has 2 aromatic rings. The van der Waals surface area contributed by atoms with Crippen molar-refractivity contribution in [2.24, 2.45) is 10.7 Å². The highest BCUT2D eigenvalue weighted by atomic mass is 32.2. The lowest BCUT2D eigenvalue weighted by Crippen LogP contribution is -2.33. The van der Waals surface area contributed by atoms with Gasteiger partial charge in [-0.3, -0.25) is 9.98 Å². The molecule has 0 saturated carbocycles. The van der Waals surface area contributed by atoms with E-state index in [0.717, 1.165) is 30.8 Å². The van der Waals surface area contributed by atoms with Crippen LogP contribution in [0.3, 0.4) is 0 Å². The van der Waals surface area contributed by atoms with Crippen LogP contribution in [-0.4, -0.2) is 44.9 Å². The van der Waals surface area contributed by atoms with E-state index >= 15 is 0 Å². The molecule has 5 N–H and O–H groups in total. The topological polar surface area (TPSA) is 112 Å². The van der Waals surface area contributed by atoms with E-state index in [0.29, 0.717) is 24.0 Å². The van der Waals surface area contributed by atoms with Gasteiger partial charge in [0.1, 0.15) is 5.75 Å². The number of guanidine groups is 1. The lowest BCUT2D eigenvalue weighted by Gasteiger charge is -2.06. The van der Waals surface area contributed by atoms with Gasteiger partial charge in [-0.2, -0.15) is 11.8 Å². The van der Waals surface area contributed by atoms with Crippen LogP contribution in [0.5, 0.6) is 5.75 Å². The molecule has 0 bridgehead atoms. The monoisotopic (exact) mass is 334 g/mol. The summed E-state index contributed by atoms with van der Waals surface area (Å²) in [5.41, 5.74) is 7.63. The first-order valence-electron chi connectivity index (χ1n) is 7.47. The summed E-state index contributed by atoms with van der Waals surface area (Å²) in [4.78, 5) is 15.4. The number of hydrogen-bond acceptors (Lipinski definition) is 5. The minimum absolute atomic E-state index is 0.242. The second-order valence-corrected chi connectivity index (χ2v) is 6.00. The number of thioether (sulfide) groups is 1. The molecule has 0 aromatic carbocycles. The Balaban J connectivity index is 1.53. The molecule has 0 aliphatic rings. The van der Waals surface area contributed by atoms with Crippen LogP contribution in [-0.2, 0) is 12.2 Å². The van der Waals surface area contributed by atoms with Crippen molar-refractivity contribution in [1.29, 1.82) is 0 Å². The zero-order valence-corrected chi connectivity index (χ0v) is 13.7. The first-order chi connectivity index (χ1) is 11.3. The normalized spacial score (nSPS) is 11.6. The van der Waals surface area contributed by atoms with Crippen molar-refractivity contribution in [1.82, 2.24) is 20.3 Å². The first-order valence-corrected chi connectivity index (χ1v) is 8.63. The summed E-state index contributed by atoms with van der Waals surface area (Å²) in [6.07, 6.45) is 7.03. The number of rotatable bonds is 9. The van der Waals surface area contributed by atoms with Crippen molar-refractivity contribution < 1.29 is 5.11 Å². The maximum absolute atomic E-state index is 9.61. The molecule has 2 aromatic heterocycles. The minimum Gasteiger partial charge on any atom is -0.506 e. The predicted octanol–water partition coefficient (Wildman–Crippen LogP) is 1.28. The largest absolute Gasteiger partial charge is 0.506 e. The van der Waals surface area contributed by atoms with E-state index in [4.69, 9.17) is 5.73 Å². The second-order valence-electron chi connectivity index (χ2n) is 4.90. The van der Waals surface area contributed by atoms with Crippen LogP contribution < -0.4 is 11.1 Å². The Hall–Kier alpha value is -2.22. The number of nitrogens with one attached hydrogen (secondary N) is 2. The molecule has 2 rings (SSSR count). The van der Waals surface area contributed by atoms with Crippen LogP contribution in [0.15, 0.2) is 35.8 Å². The number of imidazole rings is 1. The fraction of sp³-hybridized carbons (Fsp3) is 0.400. The van der Waals surface area contributed by atoms with Gasteiger partial charge < -0.3 is 21.1 Å². The van der Waals surface area contributed by atoms with Gasteiger partial charge in [0.05, 0.1) is 12.0 Å². The SMILES string of the molecule is NC(=NCCCc1cnc[nH]1)NCCSCc1ncccc1O. The van der Waals surface area contributed by atoms with E-state index < -0.39 is 0 Å². The van der Waals surface area contributed by atoms with Crippen molar-refractivity contribution in [2.75, 3.05) is 18.8 Å². The molecule has 0 fully saturated rings. The molecule has 0 unspecified atom stereocenters. The number of aliphatic imine (C=N–C) groups is 1. The standard InChI is InChI=1S/C15H22N6OS/c16-15(19-6-1-3-12-9-17-11-21-12)20-7-8-23-10-13-14(22)4-2-5-18-13/h2,4-5,9,11,22H,1,3,6-8,10H2,(H,17,21)(H3,16,19,20). The summed E-state index contributed by atoms with van der Waals surface area (Å²) < 4.78 is 0. The number of H-pyrrole nitrogens is 1. The molecule has 2 heterocycles. The number of nitrogens with zero attached hydrogens (tertiary/aromatic N) is 3. The minimum atomic E-state index is 0.242. The Kier molecular flexibility index (Phi) is 7.25. The smallest absolute Gasteiger partial charge is 0.188 e. The molecule has 0 atom stereocenters. The highest BCUT2D eigenvalue weighted by molar-refractivity contribution is 7.98. The second kappa shape index (κ2) is 9.73. The molecular weight excluding hydrogens is 312 g/mol. The van der Waals surface area contributed by atoms with Gasteiger partial charge in [-0.1, -0.05) is 0 Å². The van der Waals surface area contributed by atoms with Gasteiger partial charge in [-0.15, -0.1) is 0 Å². The Morgan fingerprint density at radius 1 is 1.48 bits per heavy atom. The number of pyridine rings is 1. The molecule has 23 heavy (non-hydrogen) atoms. The van der Waals surface area contributed by atoms with E-state index in [9.17, 15) is 5.11 Å². The lowest BCUT2D eigenvalue weighted by molar-refractivity contribution is 0.467. The lowest BCUT2D eigenvalue weighted by atomic mass is 10.2. The van der Waals surface area contributed by atoms with E-state index in [2.05, 4.69) is 25.3 Å². The van der Waals surface area contributed by atoms with Gasteiger partial charge in [0, 0.05) is 42.7 Å². The van der Waals surface area contributed by atoms with E-state index in [1.54, 1.807) is 36.4 Å².